The molecule has 0 radical (unpaired) electrons. The molecule has 8 aliphatic rings. The fourth-order valence-corrected chi connectivity index (χ4v) is 15.2. The van der Waals surface area contributed by atoms with E-state index in [4.69, 9.17) is 33.2 Å². The highest BCUT2D eigenvalue weighted by Crippen LogP contribution is 2.76. The molecule has 3 aliphatic heterocycles. The zero-order chi connectivity index (χ0) is 48.3. The number of fused-ring (bicyclic) bond motifs is 7. The van der Waals surface area contributed by atoms with Crippen LogP contribution < -0.4 is 0 Å². The Labute approximate surface area is 388 Å². The van der Waals surface area contributed by atoms with Gasteiger partial charge in [0.15, 0.2) is 18.9 Å². The topological polar surface area (TPSA) is 287 Å². The lowest BCUT2D eigenvalue weighted by molar-refractivity contribution is -0.387. The Bertz CT molecular complexity index is 1750. The summed E-state index contributed by atoms with van der Waals surface area (Å²) in [6.07, 6.45) is -15.4. The number of aliphatic hydroxyl groups excluding tert-OH is 11. The molecule has 0 aromatic rings. The highest BCUT2D eigenvalue weighted by molar-refractivity contribution is 5.37. The Balaban J connectivity index is 1.05. The second-order valence-electron chi connectivity index (χ2n) is 23.4. The number of hydrogen-bond acceptors (Lipinski definition) is 18. The van der Waals surface area contributed by atoms with Crippen molar-refractivity contribution in [3.8, 4) is 0 Å². The Morgan fingerprint density at radius 3 is 2.03 bits per heavy atom. The Morgan fingerprint density at radius 1 is 0.682 bits per heavy atom. The molecule has 66 heavy (non-hydrogen) atoms. The lowest BCUT2D eigenvalue weighted by Crippen LogP contribution is -2.70. The van der Waals surface area contributed by atoms with E-state index in [9.17, 15) is 56.2 Å². The van der Waals surface area contributed by atoms with Gasteiger partial charge in [0.1, 0.15) is 61.0 Å². The quantitative estimate of drug-likeness (QED) is 0.100. The van der Waals surface area contributed by atoms with Gasteiger partial charge in [0.05, 0.1) is 50.8 Å². The largest absolute Gasteiger partial charge is 0.396 e. The van der Waals surface area contributed by atoms with Gasteiger partial charge in [-0.3, -0.25) is 0 Å². The highest BCUT2D eigenvalue weighted by Gasteiger charge is 2.72. The molecular formula is C48H80O18. The van der Waals surface area contributed by atoms with Gasteiger partial charge in [-0.05, 0) is 91.8 Å². The first-order chi connectivity index (χ1) is 30.9. The molecule has 0 aromatic heterocycles. The Hall–Kier alpha value is -0.980. The molecular weight excluding hydrogens is 865 g/mol. The number of hydrogen-bond donors (Lipinski definition) is 11. The third-order valence-electron chi connectivity index (χ3n) is 19.4. The molecule has 18 heteroatoms. The molecule has 4 saturated carbocycles. The van der Waals surface area contributed by atoms with Crippen LogP contribution in [-0.4, -0.2) is 194 Å². The van der Waals surface area contributed by atoms with Crippen LogP contribution in [0.1, 0.15) is 99.8 Å². The van der Waals surface area contributed by atoms with E-state index in [-0.39, 0.29) is 53.3 Å². The SMILES string of the molecule is CO[C@@H]1C=C2[C@@H]3CC(C)(C)CC[C@]3(CO)[C@@H](O)C[C@@]2(C)[C@]2(C)CC[C@H]3[C@](C)(CO)[C@@H](O[C@@H]4O[C@H](C)[C@H](O)[C@H](O[C@@H]5O[C@H](CO)[C@@H](O)[C@H](O)[C@H]5O[C@@H]5OC[C@@H](O)[C@H](O)[C@H]5O)[C@H]4O)CC[C@]3(C)[C@@H]12. The number of aliphatic hydroxyl groups is 11. The van der Waals surface area contributed by atoms with Gasteiger partial charge in [-0.15, -0.1) is 0 Å². The maximum absolute atomic E-state index is 12.2. The molecule has 7 fully saturated rings. The van der Waals surface area contributed by atoms with Gasteiger partial charge in [-0.1, -0.05) is 53.2 Å². The standard InChI is InChI=1S/C48H80O18/c1-22-31(54)37(65-42-38(34(57)33(56)27(18-49)63-42)66-40-35(58)32(55)25(52)19-61-40)36(59)41(62-22)64-30-10-11-44(4)28(45(30,5)20-50)9-12-46(6)39(44)26(60-8)15-23-24-16-43(2,3)13-14-48(24,21-51)29(53)17-47(23,46)7/h15,22,24-42,49-59H,9-14,16-21H2,1-8H3/t22-,24+,25-,26-,27-,28-,29+,30+,31+,32+,33-,34+,35-,36-,37+,38-,39-,40+,41+,42+,44+,45+,46-,47-,48-/m1/s1. The van der Waals surface area contributed by atoms with Gasteiger partial charge in [0, 0.05) is 23.9 Å². The van der Waals surface area contributed by atoms with Crippen molar-refractivity contribution in [2.75, 3.05) is 33.5 Å². The van der Waals surface area contributed by atoms with Crippen LogP contribution in [0.5, 0.6) is 0 Å². The van der Waals surface area contributed by atoms with Crippen molar-refractivity contribution in [2.24, 2.45) is 50.2 Å². The van der Waals surface area contributed by atoms with Gasteiger partial charge >= 0.3 is 0 Å². The van der Waals surface area contributed by atoms with E-state index in [1.165, 1.54) is 5.57 Å². The molecule has 380 valence electrons. The van der Waals surface area contributed by atoms with E-state index in [0.717, 1.165) is 32.1 Å². The smallest absolute Gasteiger partial charge is 0.187 e. The molecule has 8 rings (SSSR count). The monoisotopic (exact) mass is 945 g/mol. The molecule has 11 N–H and O–H groups in total. The maximum Gasteiger partial charge on any atom is 0.187 e. The molecule has 3 heterocycles. The summed E-state index contributed by atoms with van der Waals surface area (Å²) < 4.78 is 42.6. The number of ether oxygens (including phenoxy) is 7. The molecule has 3 saturated heterocycles. The Morgan fingerprint density at radius 2 is 1.38 bits per heavy atom. The molecule has 25 atom stereocenters. The van der Waals surface area contributed by atoms with Gasteiger partial charge in [-0.25, -0.2) is 0 Å². The summed E-state index contributed by atoms with van der Waals surface area (Å²) in [7, 11) is 1.76. The zero-order valence-electron chi connectivity index (χ0n) is 39.9. The van der Waals surface area contributed by atoms with Crippen LogP contribution >= 0.6 is 0 Å². The minimum absolute atomic E-state index is 0.00195. The maximum atomic E-state index is 12.2. The molecule has 0 bridgehead atoms. The molecule has 0 unspecified atom stereocenters. The number of allylic oxidation sites excluding steroid dienone is 1. The van der Waals surface area contributed by atoms with E-state index in [0.29, 0.717) is 19.3 Å². The number of rotatable bonds is 10. The van der Waals surface area contributed by atoms with Crippen LogP contribution in [0.25, 0.3) is 0 Å². The summed E-state index contributed by atoms with van der Waals surface area (Å²) in [4.78, 5) is 0. The van der Waals surface area contributed by atoms with Crippen molar-refractivity contribution < 1.29 is 89.3 Å². The number of methoxy groups -OCH3 is 1. The van der Waals surface area contributed by atoms with Crippen LogP contribution in [-0.2, 0) is 33.2 Å². The predicted octanol–water partition coefficient (Wildman–Crippen LogP) is -0.151. The highest BCUT2D eigenvalue weighted by atomic mass is 16.8. The van der Waals surface area contributed by atoms with Crippen molar-refractivity contribution >= 4 is 0 Å². The lowest BCUT2D eigenvalue weighted by atomic mass is 9.32. The fraction of sp³-hybridized carbons (Fsp3) is 0.958. The van der Waals surface area contributed by atoms with Crippen molar-refractivity contribution in [1.82, 2.24) is 0 Å². The first kappa shape index (κ1) is 51.4. The summed E-state index contributed by atoms with van der Waals surface area (Å²) in [5.41, 5.74) is -1.21. The average molecular weight is 945 g/mol. The van der Waals surface area contributed by atoms with Crippen LogP contribution in [0, 0.1) is 50.2 Å². The van der Waals surface area contributed by atoms with E-state index in [1.54, 1.807) is 14.0 Å². The molecule has 0 aromatic carbocycles. The van der Waals surface area contributed by atoms with Gasteiger partial charge in [0.2, 0.25) is 0 Å². The summed E-state index contributed by atoms with van der Waals surface area (Å²) in [6.45, 7) is 13.6. The minimum atomic E-state index is -1.82. The fourth-order valence-electron chi connectivity index (χ4n) is 15.2. The van der Waals surface area contributed by atoms with Crippen molar-refractivity contribution in [3.05, 3.63) is 11.6 Å². The first-order valence-corrected chi connectivity index (χ1v) is 24.3. The molecule has 0 amide bonds. The summed E-state index contributed by atoms with van der Waals surface area (Å²) in [5.74, 6) is -0.103. The summed E-state index contributed by atoms with van der Waals surface area (Å²) in [6, 6.07) is 0. The van der Waals surface area contributed by atoms with Crippen molar-refractivity contribution in [3.63, 3.8) is 0 Å². The second kappa shape index (κ2) is 18.3. The first-order valence-electron chi connectivity index (χ1n) is 24.3. The van der Waals surface area contributed by atoms with Crippen LogP contribution in [0.4, 0.5) is 0 Å². The predicted molar refractivity (Wildman–Crippen MR) is 232 cm³/mol. The van der Waals surface area contributed by atoms with Crippen LogP contribution in [0.15, 0.2) is 11.6 Å². The average Bonchev–Trinajstić information content (AvgIpc) is 3.27. The van der Waals surface area contributed by atoms with E-state index >= 15 is 0 Å². The third-order valence-corrected chi connectivity index (χ3v) is 19.4. The Kier molecular flexibility index (Phi) is 14.2. The van der Waals surface area contributed by atoms with E-state index in [1.807, 2.05) is 6.92 Å². The molecule has 5 aliphatic carbocycles. The minimum Gasteiger partial charge on any atom is -0.396 e. The zero-order valence-corrected chi connectivity index (χ0v) is 39.9. The molecule has 0 spiro atoms. The lowest BCUT2D eigenvalue weighted by Gasteiger charge is -2.73. The van der Waals surface area contributed by atoms with E-state index in [2.05, 4.69) is 40.7 Å². The third kappa shape index (κ3) is 7.82. The second-order valence-corrected chi connectivity index (χ2v) is 23.4. The van der Waals surface area contributed by atoms with Crippen LogP contribution in [0.3, 0.4) is 0 Å². The molecule has 18 nitrogen and oxygen atoms in total. The van der Waals surface area contributed by atoms with Gasteiger partial charge < -0.3 is 89.3 Å². The van der Waals surface area contributed by atoms with Crippen molar-refractivity contribution in [1.29, 1.82) is 0 Å². The normalized spacial score (nSPS) is 56.0. The van der Waals surface area contributed by atoms with Crippen molar-refractivity contribution in [2.45, 2.75) is 204 Å². The summed E-state index contributed by atoms with van der Waals surface area (Å²) >= 11 is 0. The summed E-state index contributed by atoms with van der Waals surface area (Å²) in [5, 5.41) is 121. The van der Waals surface area contributed by atoms with E-state index < -0.39 is 128 Å². The van der Waals surface area contributed by atoms with Crippen LogP contribution in [0.2, 0.25) is 0 Å². The van der Waals surface area contributed by atoms with Gasteiger partial charge in [0.25, 0.3) is 0 Å². The van der Waals surface area contributed by atoms with Gasteiger partial charge in [-0.2, -0.15) is 0 Å².